The predicted octanol–water partition coefficient (Wildman–Crippen LogP) is 5.61. The maximum atomic E-state index is 14.3. The Hall–Kier alpha value is -2.28. The molecule has 210 valence electrons. The van der Waals surface area contributed by atoms with Crippen LogP contribution in [0.2, 0.25) is 0 Å². The molecule has 1 spiro atoms. The zero-order chi connectivity index (χ0) is 28.3. The van der Waals surface area contributed by atoms with E-state index in [0.29, 0.717) is 50.7 Å². The minimum absolute atomic E-state index is 0.0119. The minimum Gasteiger partial charge on any atom is -0.481 e. The highest BCUT2D eigenvalue weighted by atomic mass is 16.5. The summed E-state index contributed by atoms with van der Waals surface area (Å²) in [5.41, 5.74) is 0.294. The lowest BCUT2D eigenvalue weighted by Crippen LogP contribution is -2.56. The molecule has 1 heterocycles. The van der Waals surface area contributed by atoms with Crippen molar-refractivity contribution in [3.63, 3.8) is 0 Å². The van der Waals surface area contributed by atoms with E-state index in [1.807, 2.05) is 20.8 Å². The van der Waals surface area contributed by atoms with E-state index >= 15 is 0 Å². The molecule has 7 heteroatoms. The van der Waals surface area contributed by atoms with E-state index in [1.165, 1.54) is 6.92 Å². The first-order valence-electron chi connectivity index (χ1n) is 14.1. The van der Waals surface area contributed by atoms with Gasteiger partial charge in [0.2, 0.25) is 0 Å². The van der Waals surface area contributed by atoms with Gasteiger partial charge in [-0.15, -0.1) is 0 Å². The van der Waals surface area contributed by atoms with Gasteiger partial charge in [0.1, 0.15) is 11.9 Å². The zero-order valence-corrected chi connectivity index (χ0v) is 23.9. The van der Waals surface area contributed by atoms with Crippen LogP contribution in [0.5, 0.6) is 0 Å². The summed E-state index contributed by atoms with van der Waals surface area (Å²) in [6, 6.07) is 0. The largest absolute Gasteiger partial charge is 0.481 e. The van der Waals surface area contributed by atoms with Gasteiger partial charge in [0.05, 0.1) is 12.2 Å². The van der Waals surface area contributed by atoms with E-state index in [0.717, 1.165) is 24.0 Å². The van der Waals surface area contributed by atoms with Crippen molar-refractivity contribution in [1.82, 2.24) is 0 Å². The fourth-order valence-corrected chi connectivity index (χ4v) is 8.90. The van der Waals surface area contributed by atoms with E-state index in [-0.39, 0.29) is 29.8 Å². The molecule has 2 fully saturated rings. The number of esters is 1. The number of Topliss-reactive ketones (excluding diaryl/α,β-unsaturated/α-hetero) is 2. The summed E-state index contributed by atoms with van der Waals surface area (Å²) < 4.78 is 12.5. The number of rotatable bonds is 9. The molecule has 0 bridgehead atoms. The number of ketones is 2. The van der Waals surface area contributed by atoms with Crippen molar-refractivity contribution in [2.24, 2.45) is 28.1 Å². The van der Waals surface area contributed by atoms with Crippen LogP contribution in [0, 0.1) is 28.1 Å². The lowest BCUT2D eigenvalue weighted by Gasteiger charge is -2.57. The summed E-state index contributed by atoms with van der Waals surface area (Å²) in [5, 5.41) is 9.57. The van der Waals surface area contributed by atoms with Gasteiger partial charge < -0.3 is 14.6 Å². The summed E-state index contributed by atoms with van der Waals surface area (Å²) in [6.07, 6.45) is 3.78. The number of fused-ring (bicyclic) bond motifs is 1. The molecule has 0 aromatic rings. The molecule has 1 aliphatic heterocycles. The van der Waals surface area contributed by atoms with Crippen LogP contribution in [-0.2, 0) is 28.7 Å². The molecule has 4 rings (SSSR count). The highest BCUT2D eigenvalue weighted by Gasteiger charge is 2.72. The second kappa shape index (κ2) is 9.72. The first-order chi connectivity index (χ1) is 17.6. The van der Waals surface area contributed by atoms with Crippen LogP contribution >= 0.6 is 0 Å². The molecule has 1 saturated heterocycles. The van der Waals surface area contributed by atoms with Crippen LogP contribution in [0.25, 0.3) is 0 Å². The number of carbonyl (C=O) groups is 4. The van der Waals surface area contributed by atoms with E-state index < -0.39 is 39.9 Å². The molecule has 38 heavy (non-hydrogen) atoms. The van der Waals surface area contributed by atoms with Crippen molar-refractivity contribution < 1.29 is 33.8 Å². The smallest absolute Gasteiger partial charge is 0.303 e. The lowest BCUT2D eigenvalue weighted by molar-refractivity contribution is -0.149. The number of carboxylic acids is 1. The Kier molecular flexibility index (Phi) is 7.35. The average Bonchev–Trinajstić information content (AvgIpc) is 3.29. The standard InChI is InChI=1S/C31H44O7/c1-8-20(33)9-14-30(7)24-10-13-29(6)27-23(38-19(4)32)15-21(18(2)3)28(5,12-11-25(35)36)26(27)22(34)16-31(24,29)17-37-30/h21,23-24H,2,8-17H2,1,3-7H3,(H,35,36)/t21-,23-,24+,28-,29-,30-,31-/m0/s1. The summed E-state index contributed by atoms with van der Waals surface area (Å²) in [7, 11) is 0. The Morgan fingerprint density at radius 1 is 1.13 bits per heavy atom. The van der Waals surface area contributed by atoms with Gasteiger partial charge in [0.25, 0.3) is 0 Å². The third-order valence-corrected chi connectivity index (χ3v) is 10.9. The van der Waals surface area contributed by atoms with Crippen LogP contribution in [-0.4, -0.2) is 46.9 Å². The Morgan fingerprint density at radius 3 is 2.39 bits per heavy atom. The van der Waals surface area contributed by atoms with Gasteiger partial charge in [0.15, 0.2) is 5.78 Å². The molecule has 0 aromatic carbocycles. The normalized spacial score (nSPS) is 39.8. The Balaban J connectivity index is 1.87. The average molecular weight is 529 g/mol. The maximum Gasteiger partial charge on any atom is 0.303 e. The van der Waals surface area contributed by atoms with Gasteiger partial charge in [-0.2, -0.15) is 0 Å². The monoisotopic (exact) mass is 528 g/mol. The van der Waals surface area contributed by atoms with Crippen LogP contribution in [0.3, 0.4) is 0 Å². The molecule has 1 N–H and O–H groups in total. The van der Waals surface area contributed by atoms with Gasteiger partial charge in [-0.3, -0.25) is 19.2 Å². The Bertz CT molecular complexity index is 1100. The summed E-state index contributed by atoms with van der Waals surface area (Å²) >= 11 is 0. The first-order valence-corrected chi connectivity index (χ1v) is 14.1. The lowest BCUT2D eigenvalue weighted by atomic mass is 9.46. The van der Waals surface area contributed by atoms with E-state index in [2.05, 4.69) is 20.4 Å². The first kappa shape index (κ1) is 28.7. The summed E-state index contributed by atoms with van der Waals surface area (Å²) in [4.78, 5) is 50.5. The van der Waals surface area contributed by atoms with Gasteiger partial charge in [-0.1, -0.05) is 32.9 Å². The maximum absolute atomic E-state index is 14.3. The predicted molar refractivity (Wildman–Crippen MR) is 142 cm³/mol. The van der Waals surface area contributed by atoms with E-state index in [4.69, 9.17) is 9.47 Å². The van der Waals surface area contributed by atoms with Crippen LogP contribution in [0.15, 0.2) is 23.3 Å². The number of carboxylic acid groups (broad SMARTS) is 1. The van der Waals surface area contributed by atoms with Crippen molar-refractivity contribution >= 4 is 23.5 Å². The fourth-order valence-electron chi connectivity index (χ4n) is 8.90. The van der Waals surface area contributed by atoms with Crippen molar-refractivity contribution in [1.29, 1.82) is 0 Å². The minimum atomic E-state index is -0.899. The van der Waals surface area contributed by atoms with Gasteiger partial charge in [-0.25, -0.2) is 0 Å². The summed E-state index contributed by atoms with van der Waals surface area (Å²) in [6.45, 7) is 16.1. The molecule has 4 aliphatic rings. The van der Waals surface area contributed by atoms with Crippen molar-refractivity contribution in [2.45, 2.75) is 111 Å². The van der Waals surface area contributed by atoms with Crippen LogP contribution in [0.1, 0.15) is 99.3 Å². The molecule has 7 atom stereocenters. The number of hydrogen-bond acceptors (Lipinski definition) is 6. The second-order valence-electron chi connectivity index (χ2n) is 13.0. The van der Waals surface area contributed by atoms with E-state index in [9.17, 15) is 24.3 Å². The molecule has 0 unspecified atom stereocenters. The molecular formula is C31H44O7. The van der Waals surface area contributed by atoms with Crippen LogP contribution in [0.4, 0.5) is 0 Å². The Labute approximate surface area is 226 Å². The Morgan fingerprint density at radius 2 is 1.82 bits per heavy atom. The van der Waals surface area contributed by atoms with Crippen molar-refractivity contribution in [3.05, 3.63) is 23.3 Å². The highest BCUT2D eigenvalue weighted by Crippen LogP contribution is 2.73. The van der Waals surface area contributed by atoms with Crippen molar-refractivity contribution in [2.75, 3.05) is 6.61 Å². The number of carbonyl (C=O) groups excluding carboxylic acids is 3. The molecule has 1 saturated carbocycles. The molecule has 3 aliphatic carbocycles. The van der Waals surface area contributed by atoms with Gasteiger partial charge in [-0.05, 0) is 63.4 Å². The van der Waals surface area contributed by atoms with Crippen LogP contribution < -0.4 is 0 Å². The third-order valence-electron chi connectivity index (χ3n) is 10.9. The van der Waals surface area contributed by atoms with E-state index in [1.54, 1.807) is 0 Å². The molecule has 0 aromatic heterocycles. The van der Waals surface area contributed by atoms with Crippen molar-refractivity contribution in [3.8, 4) is 0 Å². The van der Waals surface area contributed by atoms with Gasteiger partial charge >= 0.3 is 11.9 Å². The second-order valence-corrected chi connectivity index (χ2v) is 13.0. The SMILES string of the molecule is C=C(C)[C@@H]1C[C@H](OC(C)=O)C2=C(C(=O)C[C@]34CO[C@@](C)(CCC(=O)CC)[C@H]3CC[C@@]24C)[C@@]1(C)CCC(=O)O. The topological polar surface area (TPSA) is 107 Å². The molecular weight excluding hydrogens is 484 g/mol. The third kappa shape index (κ3) is 4.20. The fraction of sp³-hybridized carbons (Fsp3) is 0.742. The zero-order valence-electron chi connectivity index (χ0n) is 23.9. The molecule has 7 nitrogen and oxygen atoms in total. The molecule has 0 radical (unpaired) electrons. The van der Waals surface area contributed by atoms with Gasteiger partial charge in [0, 0.05) is 54.4 Å². The number of ether oxygens (including phenoxy) is 2. The highest BCUT2D eigenvalue weighted by molar-refractivity contribution is 6.00. The molecule has 0 amide bonds. The number of allylic oxidation sites excluding steroid dienone is 2. The summed E-state index contributed by atoms with van der Waals surface area (Å²) in [5.74, 6) is -1.16. The number of hydrogen-bond donors (Lipinski definition) is 1. The number of aliphatic carboxylic acids is 1. The quantitative estimate of drug-likeness (QED) is 0.306.